The highest BCUT2D eigenvalue weighted by molar-refractivity contribution is 5.85. The predicted molar refractivity (Wildman–Crippen MR) is 70.3 cm³/mol. The summed E-state index contributed by atoms with van der Waals surface area (Å²) >= 11 is 0. The summed E-state index contributed by atoms with van der Waals surface area (Å²) in [4.78, 5) is 0. The molecule has 0 fully saturated rings. The van der Waals surface area contributed by atoms with Crippen molar-refractivity contribution in [2.45, 2.75) is 12.5 Å². The largest absolute Gasteiger partial charge is 0.497 e. The minimum absolute atomic E-state index is 0. The third-order valence-electron chi connectivity index (χ3n) is 2.46. The zero-order valence-electron chi connectivity index (χ0n) is 10.4. The number of halogens is 1. The zero-order valence-corrected chi connectivity index (χ0v) is 11.2. The Morgan fingerprint density at radius 3 is 2.53 bits per heavy atom. The molecule has 1 aromatic rings. The van der Waals surface area contributed by atoms with Crippen molar-refractivity contribution in [1.82, 2.24) is 5.32 Å². The molecule has 0 radical (unpaired) electrons. The van der Waals surface area contributed by atoms with Crippen molar-refractivity contribution in [2.24, 2.45) is 0 Å². The van der Waals surface area contributed by atoms with Gasteiger partial charge in [0, 0.05) is 5.56 Å². The molecule has 1 rings (SSSR count). The summed E-state index contributed by atoms with van der Waals surface area (Å²) < 4.78 is 10.3. The maximum absolute atomic E-state index is 10.0. The van der Waals surface area contributed by atoms with Gasteiger partial charge in [-0.25, -0.2) is 0 Å². The highest BCUT2D eigenvalue weighted by atomic mass is 35.5. The summed E-state index contributed by atoms with van der Waals surface area (Å²) in [7, 11) is 5.05. The number of nitrogens with one attached hydrogen (secondary N) is 1. The number of hydrogen-bond donors (Lipinski definition) is 2. The first kappa shape index (κ1) is 16.0. The van der Waals surface area contributed by atoms with Gasteiger partial charge in [0.2, 0.25) is 0 Å². The van der Waals surface area contributed by atoms with Crippen LogP contribution >= 0.6 is 12.4 Å². The third kappa shape index (κ3) is 4.42. The first-order valence-electron chi connectivity index (χ1n) is 5.27. The maximum atomic E-state index is 10.0. The van der Waals surface area contributed by atoms with Crippen LogP contribution in [-0.2, 0) is 0 Å². The first-order valence-corrected chi connectivity index (χ1v) is 5.27. The molecule has 17 heavy (non-hydrogen) atoms. The summed E-state index contributed by atoms with van der Waals surface area (Å²) in [5.41, 5.74) is 0.761. The van der Waals surface area contributed by atoms with E-state index in [9.17, 15) is 5.11 Å². The molecule has 0 aliphatic rings. The quantitative estimate of drug-likeness (QED) is 0.820. The Labute approximate surface area is 108 Å². The van der Waals surface area contributed by atoms with E-state index in [4.69, 9.17) is 9.47 Å². The molecule has 5 heteroatoms. The van der Waals surface area contributed by atoms with Crippen molar-refractivity contribution in [3.63, 3.8) is 0 Å². The van der Waals surface area contributed by atoms with Gasteiger partial charge in [0.25, 0.3) is 0 Å². The van der Waals surface area contributed by atoms with Gasteiger partial charge in [0.15, 0.2) is 0 Å². The number of ether oxygens (including phenoxy) is 2. The average molecular weight is 262 g/mol. The zero-order chi connectivity index (χ0) is 12.0. The van der Waals surface area contributed by atoms with Crippen LogP contribution in [0, 0.1) is 0 Å². The van der Waals surface area contributed by atoms with E-state index in [-0.39, 0.29) is 12.4 Å². The summed E-state index contributed by atoms with van der Waals surface area (Å²) in [5, 5.41) is 13.0. The van der Waals surface area contributed by atoms with Gasteiger partial charge in [-0.3, -0.25) is 0 Å². The number of aliphatic hydroxyl groups excluding tert-OH is 1. The molecule has 0 spiro atoms. The smallest absolute Gasteiger partial charge is 0.124 e. The van der Waals surface area contributed by atoms with Crippen molar-refractivity contribution in [2.75, 3.05) is 27.8 Å². The number of methoxy groups -OCH3 is 2. The number of benzene rings is 1. The Bertz CT molecular complexity index is 334. The molecule has 2 N–H and O–H groups in total. The number of rotatable bonds is 6. The number of aliphatic hydroxyl groups is 1. The molecule has 1 unspecified atom stereocenters. The van der Waals surface area contributed by atoms with Gasteiger partial charge in [-0.15, -0.1) is 12.4 Å². The fourth-order valence-corrected chi connectivity index (χ4v) is 1.54. The molecular weight excluding hydrogens is 242 g/mol. The van der Waals surface area contributed by atoms with Crippen LogP contribution in [0.15, 0.2) is 18.2 Å². The van der Waals surface area contributed by atoms with E-state index in [1.165, 1.54) is 0 Å². The monoisotopic (exact) mass is 261 g/mol. The molecule has 98 valence electrons. The minimum Gasteiger partial charge on any atom is -0.497 e. The molecule has 0 aliphatic heterocycles. The summed E-state index contributed by atoms with van der Waals surface area (Å²) in [5.74, 6) is 1.41. The Balaban J connectivity index is 0.00000256. The van der Waals surface area contributed by atoms with Gasteiger partial charge >= 0.3 is 0 Å². The summed E-state index contributed by atoms with van der Waals surface area (Å²) in [6.07, 6.45) is 0.0949. The van der Waals surface area contributed by atoms with E-state index in [0.29, 0.717) is 12.2 Å². The molecule has 4 nitrogen and oxygen atoms in total. The number of hydrogen-bond acceptors (Lipinski definition) is 4. The summed E-state index contributed by atoms with van der Waals surface area (Å²) in [6.45, 7) is 0.752. The fraction of sp³-hybridized carbons (Fsp3) is 0.500. The van der Waals surface area contributed by atoms with Crippen molar-refractivity contribution < 1.29 is 14.6 Å². The first-order chi connectivity index (χ1) is 7.72. The Morgan fingerprint density at radius 2 is 2.00 bits per heavy atom. The Morgan fingerprint density at radius 1 is 1.29 bits per heavy atom. The highest BCUT2D eigenvalue weighted by Crippen LogP contribution is 2.30. The third-order valence-corrected chi connectivity index (χ3v) is 2.46. The van der Waals surface area contributed by atoms with Crippen molar-refractivity contribution in [1.29, 1.82) is 0 Å². The van der Waals surface area contributed by atoms with Gasteiger partial charge in [-0.05, 0) is 38.2 Å². The highest BCUT2D eigenvalue weighted by Gasteiger charge is 2.13. The second-order valence-electron chi connectivity index (χ2n) is 3.52. The molecule has 0 aliphatic carbocycles. The molecular formula is C12H20ClNO3. The lowest BCUT2D eigenvalue weighted by molar-refractivity contribution is 0.163. The second kappa shape index (κ2) is 8.17. The van der Waals surface area contributed by atoms with Gasteiger partial charge in [0.05, 0.1) is 20.3 Å². The van der Waals surface area contributed by atoms with Gasteiger partial charge in [0.1, 0.15) is 11.5 Å². The normalized spacial score (nSPS) is 11.5. The van der Waals surface area contributed by atoms with E-state index < -0.39 is 6.10 Å². The molecule has 0 saturated heterocycles. The van der Waals surface area contributed by atoms with Gasteiger partial charge in [-0.1, -0.05) is 0 Å². The van der Waals surface area contributed by atoms with Crippen LogP contribution in [0.2, 0.25) is 0 Å². The molecule has 0 amide bonds. The van der Waals surface area contributed by atoms with Crippen LogP contribution in [0.1, 0.15) is 18.1 Å². The van der Waals surface area contributed by atoms with Crippen LogP contribution in [-0.4, -0.2) is 32.9 Å². The van der Waals surface area contributed by atoms with E-state index in [1.807, 2.05) is 13.1 Å². The molecule has 1 atom stereocenters. The maximum Gasteiger partial charge on any atom is 0.124 e. The molecule has 0 heterocycles. The summed E-state index contributed by atoms with van der Waals surface area (Å²) in [6, 6.07) is 5.42. The van der Waals surface area contributed by atoms with Gasteiger partial charge in [-0.2, -0.15) is 0 Å². The van der Waals surface area contributed by atoms with Crippen LogP contribution in [0.25, 0.3) is 0 Å². The van der Waals surface area contributed by atoms with Crippen LogP contribution < -0.4 is 14.8 Å². The fourth-order valence-electron chi connectivity index (χ4n) is 1.54. The molecule has 0 bridgehead atoms. The average Bonchev–Trinajstić information content (AvgIpc) is 2.35. The van der Waals surface area contributed by atoms with Crippen LogP contribution in [0.5, 0.6) is 11.5 Å². The molecule has 0 saturated carbocycles. The Kier molecular flexibility index (Phi) is 7.70. The van der Waals surface area contributed by atoms with Crippen molar-refractivity contribution in [3.05, 3.63) is 23.8 Å². The predicted octanol–water partition coefficient (Wildman–Crippen LogP) is 1.77. The Hall–Kier alpha value is -0.970. The second-order valence-corrected chi connectivity index (χ2v) is 3.52. The van der Waals surface area contributed by atoms with E-state index in [2.05, 4.69) is 5.32 Å². The van der Waals surface area contributed by atoms with E-state index in [0.717, 1.165) is 17.9 Å². The van der Waals surface area contributed by atoms with Gasteiger partial charge < -0.3 is 19.9 Å². The topological polar surface area (TPSA) is 50.7 Å². The van der Waals surface area contributed by atoms with E-state index in [1.54, 1.807) is 26.4 Å². The molecule has 1 aromatic carbocycles. The van der Waals surface area contributed by atoms with E-state index >= 15 is 0 Å². The van der Waals surface area contributed by atoms with Crippen LogP contribution in [0.3, 0.4) is 0 Å². The lowest BCUT2D eigenvalue weighted by Crippen LogP contribution is -2.12. The van der Waals surface area contributed by atoms with Crippen LogP contribution in [0.4, 0.5) is 0 Å². The molecule has 0 aromatic heterocycles. The SMILES string of the molecule is CNCCC(O)c1cc(OC)ccc1OC.Cl. The standard InChI is InChI=1S/C12H19NO3.ClH/c1-13-7-6-11(14)10-8-9(15-2)4-5-12(10)16-3;/h4-5,8,11,13-14H,6-7H2,1-3H3;1H. The lowest BCUT2D eigenvalue weighted by Gasteiger charge is -2.15. The van der Waals surface area contributed by atoms with Crippen molar-refractivity contribution in [3.8, 4) is 11.5 Å². The minimum atomic E-state index is -0.544. The van der Waals surface area contributed by atoms with Crippen molar-refractivity contribution >= 4 is 12.4 Å². The lowest BCUT2D eigenvalue weighted by atomic mass is 10.0.